The lowest BCUT2D eigenvalue weighted by molar-refractivity contribution is -0.274. The number of fused-ring (bicyclic) bond motifs is 1. The summed E-state index contributed by atoms with van der Waals surface area (Å²) in [5.41, 5.74) is 1.60. The largest absolute Gasteiger partial charge is 0.573 e. The van der Waals surface area contributed by atoms with Gasteiger partial charge in [0, 0.05) is 12.3 Å². The van der Waals surface area contributed by atoms with Gasteiger partial charge in [-0.05, 0) is 24.6 Å². The lowest BCUT2D eigenvalue weighted by Crippen LogP contribution is -2.17. The Morgan fingerprint density at radius 1 is 1.17 bits per heavy atom. The molecule has 0 aliphatic carbocycles. The summed E-state index contributed by atoms with van der Waals surface area (Å²) in [5, 5.41) is 5.76. The molecule has 1 unspecified atom stereocenters. The van der Waals surface area contributed by atoms with Crippen molar-refractivity contribution in [3.05, 3.63) is 42.4 Å². The highest BCUT2D eigenvalue weighted by atomic mass is 32.2. The lowest BCUT2D eigenvalue weighted by atomic mass is 10.1. The van der Waals surface area contributed by atoms with Gasteiger partial charge >= 0.3 is 6.36 Å². The molecule has 0 saturated heterocycles. The van der Waals surface area contributed by atoms with Crippen molar-refractivity contribution >= 4 is 22.8 Å². The van der Waals surface area contributed by atoms with Gasteiger partial charge in [-0.25, -0.2) is 9.97 Å². The normalized spacial score (nSPS) is 13.2. The molecule has 0 aliphatic rings. The van der Waals surface area contributed by atoms with E-state index in [1.54, 1.807) is 30.1 Å². The lowest BCUT2D eigenvalue weighted by Gasteiger charge is -2.13. The molecule has 1 atom stereocenters. The summed E-state index contributed by atoms with van der Waals surface area (Å²) in [5.74, 6) is -0.236. The van der Waals surface area contributed by atoms with Crippen LogP contribution in [0.4, 0.5) is 13.2 Å². The molecule has 0 saturated carbocycles. The van der Waals surface area contributed by atoms with Crippen LogP contribution in [0.1, 0.15) is 17.7 Å². The van der Waals surface area contributed by atoms with Gasteiger partial charge < -0.3 is 4.74 Å². The molecule has 2 heterocycles. The van der Waals surface area contributed by atoms with Crippen LogP contribution in [-0.4, -0.2) is 26.1 Å². The maximum Gasteiger partial charge on any atom is 0.573 e. The molecule has 2 aromatic heterocycles. The van der Waals surface area contributed by atoms with Crippen molar-refractivity contribution in [3.8, 4) is 5.75 Å². The Balaban J connectivity index is 1.78. The van der Waals surface area contributed by atoms with Gasteiger partial charge in [0.2, 0.25) is 0 Å². The van der Waals surface area contributed by atoms with Crippen LogP contribution in [0.5, 0.6) is 5.75 Å². The van der Waals surface area contributed by atoms with E-state index in [-0.39, 0.29) is 11.0 Å². The Morgan fingerprint density at radius 2 is 1.88 bits per heavy atom. The number of aromatic nitrogens is 4. The van der Waals surface area contributed by atoms with E-state index in [0.717, 1.165) is 21.6 Å². The van der Waals surface area contributed by atoms with E-state index in [0.29, 0.717) is 0 Å². The maximum absolute atomic E-state index is 12.2. The fourth-order valence-electron chi connectivity index (χ4n) is 2.21. The summed E-state index contributed by atoms with van der Waals surface area (Å²) in [7, 11) is 1.80. The summed E-state index contributed by atoms with van der Waals surface area (Å²) in [6, 6.07) is 5.83. The second-order valence-electron chi connectivity index (χ2n) is 5.06. The molecular formula is C15H13F3N4OS. The van der Waals surface area contributed by atoms with Crippen LogP contribution in [0, 0.1) is 0 Å². The number of alkyl halides is 3. The fraction of sp³-hybridized carbons (Fsp3) is 0.267. The van der Waals surface area contributed by atoms with Gasteiger partial charge in [0.15, 0.2) is 5.65 Å². The molecule has 3 aromatic rings. The summed E-state index contributed by atoms with van der Waals surface area (Å²) < 4.78 is 42.1. The third-order valence-corrected chi connectivity index (χ3v) is 4.54. The molecule has 24 heavy (non-hydrogen) atoms. The standard InChI is InChI=1S/C15H13F3N4OS/c1-9(10-3-5-11(6-4-10)23-15(16,17)18)24-14-12-7-21-22(2)13(12)19-8-20-14/h3-9H,1-2H3. The summed E-state index contributed by atoms with van der Waals surface area (Å²) >= 11 is 1.49. The predicted molar refractivity (Wildman–Crippen MR) is 83.7 cm³/mol. The molecule has 0 spiro atoms. The highest BCUT2D eigenvalue weighted by molar-refractivity contribution is 7.99. The average Bonchev–Trinajstić information content (AvgIpc) is 2.89. The van der Waals surface area contributed by atoms with E-state index in [1.807, 2.05) is 6.92 Å². The third-order valence-electron chi connectivity index (χ3n) is 3.36. The minimum atomic E-state index is -4.69. The number of aryl methyl sites for hydroxylation is 1. The smallest absolute Gasteiger partial charge is 0.406 e. The molecule has 0 amide bonds. The summed E-state index contributed by atoms with van der Waals surface area (Å²) in [4.78, 5) is 8.46. The molecule has 3 rings (SSSR count). The number of hydrogen-bond acceptors (Lipinski definition) is 5. The van der Waals surface area contributed by atoms with Gasteiger partial charge in [-0.2, -0.15) is 5.10 Å². The molecule has 126 valence electrons. The van der Waals surface area contributed by atoms with Crippen molar-refractivity contribution in [2.75, 3.05) is 0 Å². The number of rotatable bonds is 4. The van der Waals surface area contributed by atoms with Gasteiger partial charge in [0.05, 0.1) is 11.6 Å². The zero-order valence-electron chi connectivity index (χ0n) is 12.8. The fourth-order valence-corrected chi connectivity index (χ4v) is 3.22. The molecule has 0 radical (unpaired) electrons. The second-order valence-corrected chi connectivity index (χ2v) is 6.39. The first-order valence-corrected chi connectivity index (χ1v) is 7.86. The number of benzene rings is 1. The first-order chi connectivity index (χ1) is 11.3. The first-order valence-electron chi connectivity index (χ1n) is 6.98. The van der Waals surface area contributed by atoms with Crippen LogP contribution in [0.15, 0.2) is 41.8 Å². The van der Waals surface area contributed by atoms with Crippen LogP contribution in [0.2, 0.25) is 0 Å². The molecule has 0 fully saturated rings. The van der Waals surface area contributed by atoms with Gasteiger partial charge in [-0.1, -0.05) is 23.9 Å². The van der Waals surface area contributed by atoms with E-state index >= 15 is 0 Å². The van der Waals surface area contributed by atoms with E-state index in [4.69, 9.17) is 0 Å². The number of thioether (sulfide) groups is 1. The number of hydrogen-bond donors (Lipinski definition) is 0. The predicted octanol–water partition coefficient (Wildman–Crippen LogP) is 4.12. The van der Waals surface area contributed by atoms with Crippen molar-refractivity contribution in [3.63, 3.8) is 0 Å². The van der Waals surface area contributed by atoms with Gasteiger partial charge in [0.1, 0.15) is 17.1 Å². The molecule has 5 nitrogen and oxygen atoms in total. The Bertz CT molecular complexity index is 848. The highest BCUT2D eigenvalue weighted by Gasteiger charge is 2.31. The van der Waals surface area contributed by atoms with Crippen molar-refractivity contribution in [1.29, 1.82) is 0 Å². The molecule has 1 aromatic carbocycles. The second kappa shape index (κ2) is 6.31. The first kappa shape index (κ1) is 16.6. The Labute approximate surface area is 139 Å². The molecule has 0 bridgehead atoms. The quantitative estimate of drug-likeness (QED) is 0.521. The highest BCUT2D eigenvalue weighted by Crippen LogP contribution is 2.37. The van der Waals surface area contributed by atoms with Gasteiger partial charge in [-0.3, -0.25) is 4.68 Å². The third kappa shape index (κ3) is 3.61. The molecular weight excluding hydrogens is 341 g/mol. The average molecular weight is 354 g/mol. The monoisotopic (exact) mass is 354 g/mol. The maximum atomic E-state index is 12.2. The minimum Gasteiger partial charge on any atom is -0.406 e. The summed E-state index contributed by atoms with van der Waals surface area (Å²) in [6.45, 7) is 1.95. The molecule has 0 aliphatic heterocycles. The molecule has 9 heteroatoms. The zero-order chi connectivity index (χ0) is 17.3. The van der Waals surface area contributed by atoms with Crippen molar-refractivity contribution in [2.45, 2.75) is 23.6 Å². The van der Waals surface area contributed by atoms with Crippen LogP contribution in [-0.2, 0) is 7.05 Å². The zero-order valence-corrected chi connectivity index (χ0v) is 13.6. The van der Waals surface area contributed by atoms with E-state index < -0.39 is 6.36 Å². The topological polar surface area (TPSA) is 52.8 Å². The Hall–Kier alpha value is -2.29. The SMILES string of the molecule is CC(Sc1ncnc2c1cnn2C)c1ccc(OC(F)(F)F)cc1. The molecule has 0 N–H and O–H groups in total. The van der Waals surface area contributed by atoms with Gasteiger partial charge in [-0.15, -0.1) is 13.2 Å². The van der Waals surface area contributed by atoms with E-state index in [9.17, 15) is 13.2 Å². The van der Waals surface area contributed by atoms with E-state index in [1.165, 1.54) is 30.2 Å². The van der Waals surface area contributed by atoms with Crippen LogP contribution in [0.3, 0.4) is 0 Å². The Kier molecular flexibility index (Phi) is 4.35. The Morgan fingerprint density at radius 3 is 2.54 bits per heavy atom. The number of nitrogens with zero attached hydrogens (tertiary/aromatic N) is 4. The number of ether oxygens (including phenoxy) is 1. The van der Waals surface area contributed by atoms with Crippen LogP contribution in [0.25, 0.3) is 11.0 Å². The van der Waals surface area contributed by atoms with Crippen molar-refractivity contribution < 1.29 is 17.9 Å². The van der Waals surface area contributed by atoms with Crippen molar-refractivity contribution in [1.82, 2.24) is 19.7 Å². The van der Waals surface area contributed by atoms with Crippen LogP contribution >= 0.6 is 11.8 Å². The minimum absolute atomic E-state index is 0.0109. The van der Waals surface area contributed by atoms with Crippen molar-refractivity contribution in [2.24, 2.45) is 7.05 Å². The number of halogens is 3. The van der Waals surface area contributed by atoms with Gasteiger partial charge in [0.25, 0.3) is 0 Å². The van der Waals surface area contributed by atoms with E-state index in [2.05, 4.69) is 19.8 Å². The van der Waals surface area contributed by atoms with Crippen LogP contribution < -0.4 is 4.74 Å². The summed E-state index contributed by atoms with van der Waals surface area (Å²) in [6.07, 6.45) is -1.52.